The first-order valence-electron chi connectivity index (χ1n) is 9.31. The van der Waals surface area contributed by atoms with Crippen molar-refractivity contribution in [2.45, 2.75) is 0 Å². The zero-order valence-electron chi connectivity index (χ0n) is 15.9. The zero-order chi connectivity index (χ0) is 21.4. The summed E-state index contributed by atoms with van der Waals surface area (Å²) in [7, 11) is 0. The van der Waals surface area contributed by atoms with Gasteiger partial charge < -0.3 is 4.42 Å². The molecule has 0 saturated carbocycles. The SMILES string of the molecule is Fc1ccc(N=c2oc3ccc(Cl)cc3cc2-c2nc(-c3ccc(Cl)cc3)cs2)cc1. The molecule has 2 heterocycles. The van der Waals surface area contributed by atoms with E-state index in [0.717, 1.165) is 27.2 Å². The molecule has 152 valence electrons. The third kappa shape index (κ3) is 4.26. The van der Waals surface area contributed by atoms with Gasteiger partial charge >= 0.3 is 0 Å². The lowest BCUT2D eigenvalue weighted by Crippen LogP contribution is -2.05. The van der Waals surface area contributed by atoms with E-state index in [1.807, 2.05) is 41.8 Å². The molecule has 0 N–H and O–H groups in total. The number of nitrogens with zero attached hydrogens (tertiary/aromatic N) is 2. The summed E-state index contributed by atoms with van der Waals surface area (Å²) in [6.07, 6.45) is 0. The Hall–Kier alpha value is -2.99. The van der Waals surface area contributed by atoms with Gasteiger partial charge in [0.1, 0.15) is 16.4 Å². The molecule has 3 aromatic carbocycles. The van der Waals surface area contributed by atoms with Gasteiger partial charge in [-0.15, -0.1) is 11.3 Å². The number of rotatable bonds is 3. The molecular weight excluding hydrogens is 454 g/mol. The molecule has 0 spiro atoms. The molecular formula is C24H13Cl2FN2OS. The molecule has 5 rings (SSSR count). The molecule has 0 aliphatic heterocycles. The molecule has 31 heavy (non-hydrogen) atoms. The van der Waals surface area contributed by atoms with Crippen molar-refractivity contribution in [1.82, 2.24) is 4.98 Å². The number of fused-ring (bicyclic) bond motifs is 1. The summed E-state index contributed by atoms with van der Waals surface area (Å²) >= 11 is 13.7. The summed E-state index contributed by atoms with van der Waals surface area (Å²) in [5.41, 5.74) is 4.13. The fourth-order valence-electron chi connectivity index (χ4n) is 3.12. The van der Waals surface area contributed by atoms with E-state index in [2.05, 4.69) is 4.99 Å². The second kappa shape index (κ2) is 8.27. The van der Waals surface area contributed by atoms with Crippen LogP contribution in [0.5, 0.6) is 0 Å². The summed E-state index contributed by atoms with van der Waals surface area (Å²) in [5.74, 6) is -0.322. The molecule has 0 radical (unpaired) electrons. The number of halogens is 3. The van der Waals surface area contributed by atoms with Gasteiger partial charge in [-0.2, -0.15) is 0 Å². The fraction of sp³-hybridized carbons (Fsp3) is 0. The molecule has 5 aromatic rings. The highest BCUT2D eigenvalue weighted by Gasteiger charge is 2.13. The third-order valence-corrected chi connectivity index (χ3v) is 6.00. The van der Waals surface area contributed by atoms with Gasteiger partial charge in [0.25, 0.3) is 0 Å². The maximum absolute atomic E-state index is 13.3. The second-order valence-electron chi connectivity index (χ2n) is 6.78. The third-order valence-electron chi connectivity index (χ3n) is 4.64. The molecule has 0 saturated heterocycles. The van der Waals surface area contributed by atoms with Crippen molar-refractivity contribution in [3.63, 3.8) is 0 Å². The highest BCUT2D eigenvalue weighted by atomic mass is 35.5. The molecule has 0 amide bonds. The number of aromatic nitrogens is 1. The molecule has 0 fully saturated rings. The van der Waals surface area contributed by atoms with Crippen LogP contribution in [0.15, 0.2) is 87.6 Å². The van der Waals surface area contributed by atoms with Gasteiger partial charge in [-0.25, -0.2) is 14.4 Å². The van der Waals surface area contributed by atoms with E-state index in [1.54, 1.807) is 24.3 Å². The molecule has 0 aliphatic rings. The minimum Gasteiger partial charge on any atom is -0.438 e. The van der Waals surface area contributed by atoms with Gasteiger partial charge in [0.15, 0.2) is 0 Å². The van der Waals surface area contributed by atoms with E-state index in [-0.39, 0.29) is 5.82 Å². The normalized spacial score (nSPS) is 11.9. The van der Waals surface area contributed by atoms with Gasteiger partial charge in [0.2, 0.25) is 5.55 Å². The Labute approximate surface area is 191 Å². The Balaban J connectivity index is 1.69. The minimum atomic E-state index is -0.322. The van der Waals surface area contributed by atoms with Gasteiger partial charge in [-0.3, -0.25) is 0 Å². The smallest absolute Gasteiger partial charge is 0.230 e. The van der Waals surface area contributed by atoms with Gasteiger partial charge in [-0.1, -0.05) is 35.3 Å². The summed E-state index contributed by atoms with van der Waals surface area (Å²) < 4.78 is 19.4. The van der Waals surface area contributed by atoms with Crippen LogP contribution in [-0.4, -0.2) is 4.98 Å². The predicted molar refractivity (Wildman–Crippen MR) is 124 cm³/mol. The lowest BCUT2D eigenvalue weighted by Gasteiger charge is -2.04. The van der Waals surface area contributed by atoms with Crippen LogP contribution in [0.4, 0.5) is 10.1 Å². The van der Waals surface area contributed by atoms with Crippen molar-refractivity contribution >= 4 is 51.2 Å². The van der Waals surface area contributed by atoms with Crippen LogP contribution in [0.25, 0.3) is 32.8 Å². The van der Waals surface area contributed by atoms with Gasteiger partial charge in [-0.05, 0) is 60.7 Å². The average Bonchev–Trinajstić information content (AvgIpc) is 3.25. The van der Waals surface area contributed by atoms with E-state index >= 15 is 0 Å². The molecule has 0 bridgehead atoms. The van der Waals surface area contributed by atoms with Crippen LogP contribution in [0.3, 0.4) is 0 Å². The average molecular weight is 467 g/mol. The quantitative estimate of drug-likeness (QED) is 0.271. The van der Waals surface area contributed by atoms with E-state index in [1.165, 1.54) is 23.5 Å². The first kappa shape index (κ1) is 19.9. The molecule has 0 atom stereocenters. The highest BCUT2D eigenvalue weighted by Crippen LogP contribution is 2.30. The standard InChI is InChI=1S/C24H13Cl2FN2OS/c25-16-3-1-14(2-4-16)21-13-31-24(29-21)20-12-15-11-17(26)5-10-22(15)30-23(20)28-19-8-6-18(27)7-9-19/h1-13H. The van der Waals surface area contributed by atoms with Gasteiger partial charge in [0, 0.05) is 26.4 Å². The number of benzene rings is 3. The van der Waals surface area contributed by atoms with Crippen LogP contribution >= 0.6 is 34.5 Å². The van der Waals surface area contributed by atoms with Crippen LogP contribution < -0.4 is 5.55 Å². The molecule has 0 unspecified atom stereocenters. The summed E-state index contributed by atoms with van der Waals surface area (Å²) in [5, 5.41) is 4.84. The summed E-state index contributed by atoms with van der Waals surface area (Å²) in [4.78, 5) is 9.40. The number of hydrogen-bond acceptors (Lipinski definition) is 4. The monoisotopic (exact) mass is 466 g/mol. The van der Waals surface area contributed by atoms with E-state index in [4.69, 9.17) is 32.6 Å². The maximum Gasteiger partial charge on any atom is 0.230 e. The first-order chi connectivity index (χ1) is 15.0. The van der Waals surface area contributed by atoms with E-state index in [0.29, 0.717) is 26.9 Å². The number of hydrogen-bond donors (Lipinski definition) is 0. The van der Waals surface area contributed by atoms with Crippen molar-refractivity contribution in [3.8, 4) is 21.8 Å². The van der Waals surface area contributed by atoms with Crippen molar-refractivity contribution in [2.24, 2.45) is 4.99 Å². The lowest BCUT2D eigenvalue weighted by atomic mass is 10.1. The maximum atomic E-state index is 13.3. The Morgan fingerprint density at radius 1 is 0.871 bits per heavy atom. The van der Waals surface area contributed by atoms with E-state index in [9.17, 15) is 4.39 Å². The fourth-order valence-corrected chi connectivity index (χ4v) is 4.26. The largest absolute Gasteiger partial charge is 0.438 e. The Morgan fingerprint density at radius 3 is 2.39 bits per heavy atom. The van der Waals surface area contributed by atoms with E-state index < -0.39 is 0 Å². The molecule has 7 heteroatoms. The van der Waals surface area contributed by atoms with Crippen LogP contribution in [0, 0.1) is 5.82 Å². The predicted octanol–water partition coefficient (Wildman–Crippen LogP) is 7.90. The second-order valence-corrected chi connectivity index (χ2v) is 8.51. The Kier molecular flexibility index (Phi) is 5.32. The molecule has 2 aromatic heterocycles. The summed E-state index contributed by atoms with van der Waals surface area (Å²) in [6, 6.07) is 20.8. The van der Waals surface area contributed by atoms with Crippen LogP contribution in [-0.2, 0) is 0 Å². The number of thiazole rings is 1. The Morgan fingerprint density at radius 2 is 1.61 bits per heavy atom. The van der Waals surface area contributed by atoms with Crippen LogP contribution in [0.1, 0.15) is 0 Å². The first-order valence-corrected chi connectivity index (χ1v) is 10.9. The zero-order valence-corrected chi connectivity index (χ0v) is 18.2. The van der Waals surface area contributed by atoms with Crippen molar-refractivity contribution < 1.29 is 8.81 Å². The van der Waals surface area contributed by atoms with Crippen molar-refractivity contribution in [2.75, 3.05) is 0 Å². The van der Waals surface area contributed by atoms with Crippen LogP contribution in [0.2, 0.25) is 10.0 Å². The lowest BCUT2D eigenvalue weighted by molar-refractivity contribution is 0.547. The summed E-state index contributed by atoms with van der Waals surface area (Å²) in [6.45, 7) is 0. The highest BCUT2D eigenvalue weighted by molar-refractivity contribution is 7.13. The van der Waals surface area contributed by atoms with Crippen molar-refractivity contribution in [3.05, 3.63) is 99.6 Å². The minimum absolute atomic E-state index is 0.322. The topological polar surface area (TPSA) is 38.4 Å². The Bertz CT molecular complexity index is 1460. The molecule has 0 aliphatic carbocycles. The van der Waals surface area contributed by atoms with Gasteiger partial charge in [0.05, 0.1) is 16.9 Å². The van der Waals surface area contributed by atoms with Crippen molar-refractivity contribution in [1.29, 1.82) is 0 Å². The molecule has 3 nitrogen and oxygen atoms in total.